The molecule has 0 spiro atoms. The lowest BCUT2D eigenvalue weighted by Gasteiger charge is -2.36. The molecule has 1 aliphatic rings. The lowest BCUT2D eigenvalue weighted by Crippen LogP contribution is -2.50. The number of piperazine rings is 1. The zero-order valence-corrected chi connectivity index (χ0v) is 14.2. The van der Waals surface area contributed by atoms with Crippen LogP contribution >= 0.6 is 11.6 Å². The number of hydrogen-bond acceptors (Lipinski definition) is 4. The summed E-state index contributed by atoms with van der Waals surface area (Å²) >= 11 is 5.94. The van der Waals surface area contributed by atoms with Crippen LogP contribution in [0.25, 0.3) is 0 Å². The molecule has 0 radical (unpaired) electrons. The number of anilines is 1. The van der Waals surface area contributed by atoms with Crippen LogP contribution in [0.15, 0.2) is 17.0 Å². The van der Waals surface area contributed by atoms with Crippen LogP contribution in [0.1, 0.15) is 19.4 Å². The van der Waals surface area contributed by atoms with Crippen molar-refractivity contribution in [3.05, 3.63) is 22.7 Å². The fourth-order valence-corrected chi connectivity index (χ4v) is 4.43. The van der Waals surface area contributed by atoms with Crippen molar-refractivity contribution < 1.29 is 8.42 Å². The van der Waals surface area contributed by atoms with E-state index in [1.165, 1.54) is 10.4 Å². The number of benzene rings is 1. The van der Waals surface area contributed by atoms with E-state index in [1.54, 1.807) is 13.0 Å². The van der Waals surface area contributed by atoms with Crippen LogP contribution in [0.2, 0.25) is 5.02 Å². The van der Waals surface area contributed by atoms with Crippen molar-refractivity contribution in [2.45, 2.75) is 31.7 Å². The van der Waals surface area contributed by atoms with Gasteiger partial charge in [-0.2, -0.15) is 4.31 Å². The Morgan fingerprint density at radius 2 is 1.76 bits per heavy atom. The summed E-state index contributed by atoms with van der Waals surface area (Å²) in [5.41, 5.74) is 6.67. The summed E-state index contributed by atoms with van der Waals surface area (Å²) in [5.74, 6) is 0. The zero-order valence-electron chi connectivity index (χ0n) is 12.6. The number of nitrogen functional groups attached to an aromatic ring is 1. The number of hydrogen-bond donors (Lipinski definition) is 1. The Kier molecular flexibility index (Phi) is 4.82. The highest BCUT2D eigenvalue weighted by Gasteiger charge is 2.30. The van der Waals surface area contributed by atoms with Crippen molar-refractivity contribution in [3.8, 4) is 0 Å². The zero-order chi connectivity index (χ0) is 15.8. The topological polar surface area (TPSA) is 66.6 Å². The molecule has 1 aliphatic heterocycles. The van der Waals surface area contributed by atoms with Gasteiger partial charge in [-0.3, -0.25) is 4.90 Å². The van der Waals surface area contributed by atoms with Crippen LogP contribution in [0.3, 0.4) is 0 Å². The van der Waals surface area contributed by atoms with Crippen molar-refractivity contribution in [1.29, 1.82) is 0 Å². The van der Waals surface area contributed by atoms with Crippen LogP contribution in [0, 0.1) is 6.92 Å². The third kappa shape index (κ3) is 3.34. The molecule has 2 rings (SSSR count). The maximum Gasteiger partial charge on any atom is 0.243 e. The summed E-state index contributed by atoms with van der Waals surface area (Å²) < 4.78 is 27.0. The first-order chi connectivity index (χ1) is 9.73. The van der Waals surface area contributed by atoms with E-state index in [0.29, 0.717) is 35.4 Å². The van der Waals surface area contributed by atoms with Gasteiger partial charge in [-0.15, -0.1) is 0 Å². The summed E-state index contributed by atoms with van der Waals surface area (Å²) in [6.45, 7) is 8.48. The van der Waals surface area contributed by atoms with E-state index in [9.17, 15) is 8.42 Å². The molecule has 0 amide bonds. The Morgan fingerprint density at radius 1 is 1.19 bits per heavy atom. The molecule has 0 atom stereocenters. The molecule has 2 N–H and O–H groups in total. The average molecular weight is 332 g/mol. The number of nitrogens with zero attached hydrogens (tertiary/aromatic N) is 2. The molecule has 0 saturated carbocycles. The molecule has 21 heavy (non-hydrogen) atoms. The van der Waals surface area contributed by atoms with Gasteiger partial charge in [0.15, 0.2) is 0 Å². The van der Waals surface area contributed by atoms with E-state index in [-0.39, 0.29) is 4.90 Å². The minimum atomic E-state index is -3.51. The molecule has 1 heterocycles. The van der Waals surface area contributed by atoms with Crippen LogP contribution in [-0.2, 0) is 10.0 Å². The van der Waals surface area contributed by atoms with Crippen LogP contribution in [0.5, 0.6) is 0 Å². The Hall–Kier alpha value is -0.820. The van der Waals surface area contributed by atoms with Gasteiger partial charge in [0.1, 0.15) is 0 Å². The molecule has 1 aromatic carbocycles. The monoisotopic (exact) mass is 331 g/mol. The molecular weight excluding hydrogens is 310 g/mol. The fraction of sp³-hybridized carbons (Fsp3) is 0.571. The average Bonchev–Trinajstić information content (AvgIpc) is 2.42. The first kappa shape index (κ1) is 16.5. The van der Waals surface area contributed by atoms with Crippen molar-refractivity contribution in [3.63, 3.8) is 0 Å². The second kappa shape index (κ2) is 6.12. The summed E-state index contributed by atoms with van der Waals surface area (Å²) in [6.07, 6.45) is 0. The van der Waals surface area contributed by atoms with Gasteiger partial charge in [0.05, 0.1) is 15.6 Å². The first-order valence-electron chi connectivity index (χ1n) is 7.03. The van der Waals surface area contributed by atoms with E-state index in [4.69, 9.17) is 17.3 Å². The molecule has 1 saturated heterocycles. The number of halogens is 1. The highest BCUT2D eigenvalue weighted by molar-refractivity contribution is 7.89. The highest BCUT2D eigenvalue weighted by Crippen LogP contribution is 2.28. The van der Waals surface area contributed by atoms with Gasteiger partial charge in [-0.1, -0.05) is 11.6 Å². The summed E-state index contributed by atoms with van der Waals surface area (Å²) in [7, 11) is -3.51. The molecule has 118 valence electrons. The molecule has 5 nitrogen and oxygen atoms in total. The van der Waals surface area contributed by atoms with Gasteiger partial charge in [0, 0.05) is 32.2 Å². The maximum atomic E-state index is 12.8. The number of rotatable bonds is 3. The van der Waals surface area contributed by atoms with Crippen molar-refractivity contribution >= 4 is 27.3 Å². The number of aryl methyl sites for hydroxylation is 1. The standard InChI is InChI=1S/C14H22ClN3O2S/c1-10(2)17-4-6-18(7-5-17)21(19,20)14-9-13(16)12(15)8-11(14)3/h8-10H,4-7,16H2,1-3H3. The van der Waals surface area contributed by atoms with Crippen molar-refractivity contribution in [1.82, 2.24) is 9.21 Å². The van der Waals surface area contributed by atoms with E-state index in [1.807, 2.05) is 0 Å². The lowest BCUT2D eigenvalue weighted by atomic mass is 10.2. The van der Waals surface area contributed by atoms with Gasteiger partial charge in [0.2, 0.25) is 10.0 Å². The van der Waals surface area contributed by atoms with Crippen LogP contribution < -0.4 is 5.73 Å². The van der Waals surface area contributed by atoms with Gasteiger partial charge >= 0.3 is 0 Å². The SMILES string of the molecule is Cc1cc(Cl)c(N)cc1S(=O)(=O)N1CCN(C(C)C)CC1. The van der Waals surface area contributed by atoms with Crippen LogP contribution in [-0.4, -0.2) is 49.8 Å². The molecule has 1 fully saturated rings. The van der Waals surface area contributed by atoms with Gasteiger partial charge in [-0.05, 0) is 38.5 Å². The molecule has 7 heteroatoms. The fourth-order valence-electron chi connectivity index (χ4n) is 2.55. The second-order valence-corrected chi connectivity index (χ2v) is 7.99. The van der Waals surface area contributed by atoms with Gasteiger partial charge in [-0.25, -0.2) is 8.42 Å². The van der Waals surface area contributed by atoms with Crippen molar-refractivity contribution in [2.24, 2.45) is 0 Å². The Labute approximate surface area is 131 Å². The third-order valence-electron chi connectivity index (χ3n) is 3.92. The minimum absolute atomic E-state index is 0.252. The number of sulfonamides is 1. The Morgan fingerprint density at radius 3 is 2.29 bits per heavy atom. The minimum Gasteiger partial charge on any atom is -0.397 e. The van der Waals surface area contributed by atoms with E-state index in [2.05, 4.69) is 18.7 Å². The van der Waals surface area contributed by atoms with Gasteiger partial charge in [0.25, 0.3) is 0 Å². The summed E-state index contributed by atoms with van der Waals surface area (Å²) in [5, 5.41) is 0.385. The quantitative estimate of drug-likeness (QED) is 0.860. The molecular formula is C14H22ClN3O2S. The molecule has 0 aromatic heterocycles. The third-order valence-corrected chi connectivity index (χ3v) is 6.28. The molecule has 1 aromatic rings. The second-order valence-electron chi connectivity index (χ2n) is 5.67. The predicted octanol–water partition coefficient (Wildman–Crippen LogP) is 1.95. The largest absolute Gasteiger partial charge is 0.397 e. The predicted molar refractivity (Wildman–Crippen MR) is 86.1 cm³/mol. The van der Waals surface area contributed by atoms with E-state index >= 15 is 0 Å². The smallest absolute Gasteiger partial charge is 0.243 e. The number of nitrogens with two attached hydrogens (primary N) is 1. The molecule has 0 aliphatic carbocycles. The van der Waals surface area contributed by atoms with E-state index in [0.717, 1.165) is 13.1 Å². The normalized spacial score (nSPS) is 18.3. The molecule has 0 unspecified atom stereocenters. The summed E-state index contributed by atoms with van der Waals surface area (Å²) in [6, 6.07) is 3.50. The van der Waals surface area contributed by atoms with Gasteiger partial charge < -0.3 is 5.73 Å². The summed E-state index contributed by atoms with van der Waals surface area (Å²) in [4.78, 5) is 2.53. The first-order valence-corrected chi connectivity index (χ1v) is 8.85. The Bertz CT molecular complexity index is 623. The van der Waals surface area contributed by atoms with Crippen molar-refractivity contribution in [2.75, 3.05) is 31.9 Å². The van der Waals surface area contributed by atoms with E-state index < -0.39 is 10.0 Å². The highest BCUT2D eigenvalue weighted by atomic mass is 35.5. The Balaban J connectivity index is 2.26. The lowest BCUT2D eigenvalue weighted by molar-refractivity contribution is 0.154. The molecule has 0 bridgehead atoms. The van der Waals surface area contributed by atoms with Crippen LogP contribution in [0.4, 0.5) is 5.69 Å². The maximum absolute atomic E-state index is 12.8.